The van der Waals surface area contributed by atoms with Crippen molar-refractivity contribution >= 4 is 22.5 Å². The topological polar surface area (TPSA) is 48.3 Å². The lowest BCUT2D eigenvalue weighted by Crippen LogP contribution is -2.34. The van der Waals surface area contributed by atoms with Gasteiger partial charge < -0.3 is 4.74 Å². The van der Waals surface area contributed by atoms with Crippen LogP contribution in [0, 0.1) is 0 Å². The van der Waals surface area contributed by atoms with E-state index in [9.17, 15) is 9.00 Å². The zero-order chi connectivity index (χ0) is 15.9. The lowest BCUT2D eigenvalue weighted by atomic mass is 9.96. The minimum Gasteiger partial charge on any atom is -0.443 e. The Bertz CT molecular complexity index is 639. The van der Waals surface area contributed by atoms with Crippen LogP contribution in [-0.2, 0) is 15.5 Å². The average molecular weight is 321 g/mol. The van der Waals surface area contributed by atoms with Gasteiger partial charge in [-0.1, -0.05) is 12.5 Å². The first-order valence-electron chi connectivity index (χ1n) is 7.86. The third-order valence-electron chi connectivity index (χ3n) is 4.14. The third-order valence-corrected chi connectivity index (χ3v) is 6.17. The standard InChI is InChI=1S/C17H23NO3S/c1-17(2,3)21-16(19)18-9-5-8-15(18)12-10-13-6-4-7-14(11-12)22(13)20/h5,8-10,13-14H,4,6-7,11H2,1-3H3. The number of hydrogen-bond donors (Lipinski definition) is 0. The number of fused-ring (bicyclic) bond motifs is 2. The van der Waals surface area contributed by atoms with Gasteiger partial charge in [-0.3, -0.25) is 8.78 Å². The molecule has 22 heavy (non-hydrogen) atoms. The van der Waals surface area contributed by atoms with Crippen molar-refractivity contribution in [2.24, 2.45) is 0 Å². The molecule has 2 aliphatic rings. The molecule has 1 fully saturated rings. The summed E-state index contributed by atoms with van der Waals surface area (Å²) in [5.74, 6) is 0. The molecule has 1 aromatic heterocycles. The van der Waals surface area contributed by atoms with E-state index in [4.69, 9.17) is 4.74 Å². The van der Waals surface area contributed by atoms with Gasteiger partial charge in [0.15, 0.2) is 0 Å². The summed E-state index contributed by atoms with van der Waals surface area (Å²) in [4.78, 5) is 12.3. The molecular weight excluding hydrogens is 298 g/mol. The van der Waals surface area contributed by atoms with Gasteiger partial charge in [-0.2, -0.15) is 0 Å². The third kappa shape index (κ3) is 3.05. The molecule has 1 saturated heterocycles. The van der Waals surface area contributed by atoms with Crippen LogP contribution in [0.4, 0.5) is 4.79 Å². The van der Waals surface area contributed by atoms with Gasteiger partial charge >= 0.3 is 6.09 Å². The van der Waals surface area contributed by atoms with Gasteiger partial charge in [-0.15, -0.1) is 0 Å². The molecule has 0 N–H and O–H groups in total. The fourth-order valence-electron chi connectivity index (χ4n) is 3.20. The molecule has 4 nitrogen and oxygen atoms in total. The van der Waals surface area contributed by atoms with E-state index in [1.807, 2.05) is 32.9 Å². The molecule has 2 bridgehead atoms. The maximum atomic E-state index is 12.3. The van der Waals surface area contributed by atoms with Gasteiger partial charge in [-0.25, -0.2) is 4.79 Å². The van der Waals surface area contributed by atoms with Gasteiger partial charge in [0.1, 0.15) is 5.60 Å². The summed E-state index contributed by atoms with van der Waals surface area (Å²) in [5.41, 5.74) is 1.49. The second-order valence-corrected chi connectivity index (χ2v) is 8.99. The maximum absolute atomic E-state index is 12.3. The van der Waals surface area contributed by atoms with Crippen molar-refractivity contribution in [3.05, 3.63) is 30.1 Å². The van der Waals surface area contributed by atoms with E-state index < -0.39 is 16.4 Å². The van der Waals surface area contributed by atoms with E-state index in [1.165, 1.54) is 0 Å². The van der Waals surface area contributed by atoms with E-state index in [1.54, 1.807) is 10.8 Å². The molecule has 1 aromatic rings. The predicted molar refractivity (Wildman–Crippen MR) is 88.2 cm³/mol. The Hall–Kier alpha value is -1.36. The molecule has 0 radical (unpaired) electrons. The van der Waals surface area contributed by atoms with E-state index >= 15 is 0 Å². The highest BCUT2D eigenvalue weighted by molar-refractivity contribution is 7.86. The lowest BCUT2D eigenvalue weighted by Gasteiger charge is -2.33. The van der Waals surface area contributed by atoms with E-state index in [0.717, 1.165) is 37.0 Å². The van der Waals surface area contributed by atoms with E-state index in [2.05, 4.69) is 6.08 Å². The fourth-order valence-corrected chi connectivity index (χ4v) is 5.14. The molecule has 0 aromatic carbocycles. The van der Waals surface area contributed by atoms with Gasteiger partial charge in [0.25, 0.3) is 0 Å². The molecule has 3 rings (SSSR count). The van der Waals surface area contributed by atoms with Crippen LogP contribution in [0.5, 0.6) is 0 Å². The number of ether oxygens (including phenoxy) is 1. The van der Waals surface area contributed by atoms with Crippen molar-refractivity contribution in [2.45, 2.75) is 62.6 Å². The second kappa shape index (κ2) is 5.69. The highest BCUT2D eigenvalue weighted by Crippen LogP contribution is 2.37. The Kier molecular flexibility index (Phi) is 4.02. The predicted octanol–water partition coefficient (Wildman–Crippen LogP) is 3.73. The Labute approximate surface area is 134 Å². The number of rotatable bonds is 1. The van der Waals surface area contributed by atoms with Gasteiger partial charge in [0.2, 0.25) is 0 Å². The Morgan fingerprint density at radius 2 is 2.14 bits per heavy atom. The van der Waals surface area contributed by atoms with Crippen LogP contribution < -0.4 is 0 Å². The van der Waals surface area contributed by atoms with Crippen molar-refractivity contribution in [3.63, 3.8) is 0 Å². The molecule has 3 heterocycles. The molecule has 0 saturated carbocycles. The quantitative estimate of drug-likeness (QED) is 0.792. The first kappa shape index (κ1) is 15.5. The van der Waals surface area contributed by atoms with Gasteiger partial charge in [-0.05, 0) is 57.7 Å². The first-order valence-corrected chi connectivity index (χ1v) is 9.14. The number of allylic oxidation sites excluding steroid dienone is 1. The van der Waals surface area contributed by atoms with Crippen molar-refractivity contribution in [1.29, 1.82) is 0 Å². The molecule has 0 aliphatic carbocycles. The summed E-state index contributed by atoms with van der Waals surface area (Å²) in [7, 11) is -0.753. The smallest absolute Gasteiger partial charge is 0.418 e. The molecule has 0 spiro atoms. The van der Waals surface area contributed by atoms with Crippen LogP contribution in [0.1, 0.15) is 52.1 Å². The van der Waals surface area contributed by atoms with Crippen molar-refractivity contribution in [2.75, 3.05) is 0 Å². The van der Waals surface area contributed by atoms with E-state index in [0.29, 0.717) is 0 Å². The zero-order valence-electron chi connectivity index (χ0n) is 13.4. The Morgan fingerprint density at radius 3 is 2.82 bits per heavy atom. The average Bonchev–Trinajstić information content (AvgIpc) is 2.85. The Morgan fingerprint density at radius 1 is 1.36 bits per heavy atom. The summed E-state index contributed by atoms with van der Waals surface area (Å²) >= 11 is 0. The maximum Gasteiger partial charge on any atom is 0.418 e. The van der Waals surface area contributed by atoms with Crippen molar-refractivity contribution in [1.82, 2.24) is 4.57 Å². The minimum atomic E-state index is -0.753. The monoisotopic (exact) mass is 321 g/mol. The molecule has 120 valence electrons. The van der Waals surface area contributed by atoms with E-state index in [-0.39, 0.29) is 16.6 Å². The molecule has 3 unspecified atom stereocenters. The highest BCUT2D eigenvalue weighted by atomic mass is 32.2. The number of nitrogens with zero attached hydrogens (tertiary/aromatic N) is 1. The van der Waals surface area contributed by atoms with Gasteiger partial charge in [0, 0.05) is 22.2 Å². The summed E-state index contributed by atoms with van der Waals surface area (Å²) in [6, 6.07) is 3.81. The van der Waals surface area contributed by atoms with Crippen LogP contribution >= 0.6 is 0 Å². The van der Waals surface area contributed by atoms with Crippen molar-refractivity contribution < 1.29 is 13.7 Å². The molecule has 3 atom stereocenters. The first-order chi connectivity index (χ1) is 10.3. The summed E-state index contributed by atoms with van der Waals surface area (Å²) in [6.07, 6.45) is 7.44. The normalized spacial score (nSPS) is 28.1. The Balaban J connectivity index is 1.89. The van der Waals surface area contributed by atoms with Crippen LogP contribution in [0.3, 0.4) is 0 Å². The van der Waals surface area contributed by atoms with Gasteiger partial charge in [0.05, 0.1) is 10.9 Å². The van der Waals surface area contributed by atoms with Crippen LogP contribution in [0.2, 0.25) is 0 Å². The summed E-state index contributed by atoms with van der Waals surface area (Å²) < 4.78 is 19.3. The molecule has 0 amide bonds. The minimum absolute atomic E-state index is 0.143. The van der Waals surface area contributed by atoms with Crippen LogP contribution in [-0.4, -0.2) is 31.0 Å². The molecule has 5 heteroatoms. The second-order valence-electron chi connectivity index (χ2n) is 7.06. The van der Waals surface area contributed by atoms with Crippen LogP contribution in [0.25, 0.3) is 5.57 Å². The fraction of sp³-hybridized carbons (Fsp3) is 0.588. The number of hydrogen-bond acceptors (Lipinski definition) is 3. The summed E-state index contributed by atoms with van der Waals surface area (Å²) in [5, 5.41) is 0.380. The van der Waals surface area contributed by atoms with Crippen LogP contribution in [0.15, 0.2) is 24.4 Å². The highest BCUT2D eigenvalue weighted by Gasteiger charge is 2.34. The lowest BCUT2D eigenvalue weighted by molar-refractivity contribution is 0.0536. The zero-order valence-corrected chi connectivity index (χ0v) is 14.2. The largest absolute Gasteiger partial charge is 0.443 e. The SMILES string of the molecule is CC(C)(C)OC(=O)n1cccc1C1=CC2CCCC(C1)S2=O. The number of carbonyl (C=O) groups excluding carboxylic acids is 1. The van der Waals surface area contributed by atoms with Crippen molar-refractivity contribution in [3.8, 4) is 0 Å². The number of aromatic nitrogens is 1. The summed E-state index contributed by atoms with van der Waals surface area (Å²) in [6.45, 7) is 5.59. The number of carbonyl (C=O) groups is 1. The molecular formula is C17H23NO3S. The molecule has 2 aliphatic heterocycles.